The van der Waals surface area contributed by atoms with Crippen LogP contribution in [0.2, 0.25) is 5.02 Å². The molecule has 2 aliphatic carbocycles. The first kappa shape index (κ1) is 28.6. The van der Waals surface area contributed by atoms with Gasteiger partial charge in [0, 0.05) is 30.8 Å². The Bertz CT molecular complexity index is 1460. The highest BCUT2D eigenvalue weighted by Crippen LogP contribution is 2.51. The van der Waals surface area contributed by atoms with Gasteiger partial charge < -0.3 is 14.4 Å². The summed E-state index contributed by atoms with van der Waals surface area (Å²) in [5.41, 5.74) is 3.11. The summed E-state index contributed by atoms with van der Waals surface area (Å²) < 4.78 is 41.1. The summed E-state index contributed by atoms with van der Waals surface area (Å²) in [7, 11) is -2.07. The molecule has 9 heteroatoms. The van der Waals surface area contributed by atoms with E-state index in [1.165, 1.54) is 11.1 Å². The monoisotopic (exact) mass is 598 g/mol. The number of halogens is 1. The van der Waals surface area contributed by atoms with Gasteiger partial charge in [-0.2, -0.15) is 0 Å². The molecule has 220 valence electrons. The van der Waals surface area contributed by atoms with Crippen LogP contribution in [-0.4, -0.2) is 45.9 Å². The lowest BCUT2D eigenvalue weighted by Gasteiger charge is -2.49. The van der Waals surface area contributed by atoms with E-state index < -0.39 is 21.5 Å². The van der Waals surface area contributed by atoms with E-state index in [0.717, 1.165) is 55.8 Å². The lowest BCUT2D eigenvalue weighted by Crippen LogP contribution is -2.50. The second-order valence-electron chi connectivity index (χ2n) is 12.3. The first-order chi connectivity index (χ1) is 19.7. The van der Waals surface area contributed by atoms with Crippen LogP contribution in [0.25, 0.3) is 0 Å². The summed E-state index contributed by atoms with van der Waals surface area (Å²) in [6.45, 7) is 3.90. The average Bonchev–Trinajstić information content (AvgIpc) is 3.34. The zero-order valence-corrected chi connectivity index (χ0v) is 25.3. The number of allylic oxidation sites excluding steroid dienone is 1. The quantitative estimate of drug-likeness (QED) is 0.420. The molecule has 1 unspecified atom stereocenters. The van der Waals surface area contributed by atoms with Crippen molar-refractivity contribution in [2.75, 3.05) is 30.9 Å². The van der Waals surface area contributed by atoms with Crippen LogP contribution in [0, 0.1) is 23.7 Å². The number of carbonyl (C=O) groups is 1. The van der Waals surface area contributed by atoms with Gasteiger partial charge in [-0.3, -0.25) is 4.79 Å². The van der Waals surface area contributed by atoms with Crippen molar-refractivity contribution in [3.05, 3.63) is 70.3 Å². The topological polar surface area (TPSA) is 84.9 Å². The van der Waals surface area contributed by atoms with Crippen LogP contribution in [0.5, 0.6) is 5.75 Å². The van der Waals surface area contributed by atoms with Crippen molar-refractivity contribution in [2.45, 2.75) is 57.6 Å². The Morgan fingerprint density at radius 1 is 1.12 bits per heavy atom. The lowest BCUT2D eigenvalue weighted by molar-refractivity contribution is -0.0805. The smallest absolute Gasteiger partial charge is 0.264 e. The molecule has 2 aromatic rings. The predicted octanol–water partition coefficient (Wildman–Crippen LogP) is 5.76. The van der Waals surface area contributed by atoms with Crippen LogP contribution in [0.15, 0.2) is 48.6 Å². The van der Waals surface area contributed by atoms with Crippen molar-refractivity contribution in [3.8, 4) is 5.75 Å². The van der Waals surface area contributed by atoms with Gasteiger partial charge in [-0.25, -0.2) is 13.1 Å². The Hall–Kier alpha value is -2.55. The molecule has 2 aromatic carbocycles. The van der Waals surface area contributed by atoms with E-state index in [1.54, 1.807) is 19.2 Å². The number of methoxy groups -OCH3 is 1. The maximum Gasteiger partial charge on any atom is 0.264 e. The normalized spacial score (nSPS) is 31.2. The Morgan fingerprint density at radius 2 is 1.98 bits per heavy atom. The molecular weight excluding hydrogens is 560 g/mol. The number of hydrogen-bond acceptors (Lipinski definition) is 6. The number of anilines is 1. The van der Waals surface area contributed by atoms with E-state index in [4.69, 9.17) is 21.1 Å². The third kappa shape index (κ3) is 5.75. The summed E-state index contributed by atoms with van der Waals surface area (Å²) in [6, 6.07) is 11.4. The first-order valence-electron chi connectivity index (χ1n) is 14.7. The van der Waals surface area contributed by atoms with Crippen LogP contribution in [0.3, 0.4) is 0 Å². The van der Waals surface area contributed by atoms with Gasteiger partial charge in [0.1, 0.15) is 5.75 Å². The van der Waals surface area contributed by atoms with Gasteiger partial charge in [0.15, 0.2) is 0 Å². The molecule has 0 aromatic heterocycles. The summed E-state index contributed by atoms with van der Waals surface area (Å²) in [4.78, 5) is 15.6. The summed E-state index contributed by atoms with van der Waals surface area (Å²) in [5, 5.41) is 0.727. The van der Waals surface area contributed by atoms with Gasteiger partial charge in [-0.1, -0.05) is 36.7 Å². The van der Waals surface area contributed by atoms with Crippen LogP contribution in [-0.2, 0) is 27.7 Å². The fourth-order valence-electron chi connectivity index (χ4n) is 7.25. The minimum atomic E-state index is -3.85. The lowest BCUT2D eigenvalue weighted by atomic mass is 9.63. The highest BCUT2D eigenvalue weighted by Gasteiger charge is 2.50. The Kier molecular flexibility index (Phi) is 7.85. The third-order valence-electron chi connectivity index (χ3n) is 9.71. The molecule has 1 amide bonds. The van der Waals surface area contributed by atoms with Crippen molar-refractivity contribution < 1.29 is 22.7 Å². The third-order valence-corrected chi connectivity index (χ3v) is 11.4. The molecule has 1 N–H and O–H groups in total. The summed E-state index contributed by atoms with van der Waals surface area (Å²) >= 11 is 6.42. The number of ether oxygens (including phenoxy) is 2. The van der Waals surface area contributed by atoms with E-state index in [2.05, 4.69) is 33.9 Å². The van der Waals surface area contributed by atoms with Crippen molar-refractivity contribution in [1.29, 1.82) is 0 Å². The Labute approximate surface area is 248 Å². The number of carbonyl (C=O) groups excluding carboxylic acids is 1. The van der Waals surface area contributed by atoms with E-state index in [1.807, 2.05) is 19.1 Å². The highest BCUT2D eigenvalue weighted by molar-refractivity contribution is 7.90. The highest BCUT2D eigenvalue weighted by atomic mass is 35.5. The Balaban J connectivity index is 1.46. The largest absolute Gasteiger partial charge is 0.491 e. The van der Waals surface area contributed by atoms with Crippen LogP contribution in [0.4, 0.5) is 5.69 Å². The molecule has 1 fully saturated rings. The van der Waals surface area contributed by atoms with E-state index >= 15 is 0 Å². The SMILES string of the molecule is CO[C@@]12C=CC(C1)[C@H](C)CS(=O)(=O)NC(=O)c1ccc3c(c1)N(Cc1ccc(Cl)cc1CCCCO3)C[C@@H]1CC[C@H]12. The number of amides is 1. The minimum absolute atomic E-state index is 0.0587. The molecule has 0 spiro atoms. The van der Waals surface area contributed by atoms with Crippen LogP contribution in [0.1, 0.15) is 60.5 Å². The Morgan fingerprint density at radius 3 is 2.76 bits per heavy atom. The average molecular weight is 599 g/mol. The number of sulfonamides is 1. The zero-order valence-electron chi connectivity index (χ0n) is 23.8. The number of aryl methyl sites for hydroxylation is 1. The van der Waals surface area contributed by atoms with Crippen molar-refractivity contribution in [2.24, 2.45) is 23.7 Å². The van der Waals surface area contributed by atoms with E-state index in [0.29, 0.717) is 36.3 Å². The molecule has 6 rings (SSSR count). The number of nitrogens with zero attached hydrogens (tertiary/aromatic N) is 1. The molecular formula is C32H39ClN2O5S. The van der Waals surface area contributed by atoms with Gasteiger partial charge in [-0.05, 0) is 104 Å². The fraction of sp³-hybridized carbons (Fsp3) is 0.531. The van der Waals surface area contributed by atoms with Crippen molar-refractivity contribution in [1.82, 2.24) is 4.72 Å². The van der Waals surface area contributed by atoms with Crippen LogP contribution < -0.4 is 14.4 Å². The number of rotatable bonds is 1. The standard InChI is InChI=1S/C32H39ClN2O5S/c1-21-20-41(37,38)34-31(36)23-8-11-30-29(16-23)35(18-25-6-9-27(33)15-22(25)5-3-4-14-40-30)19-26-7-10-28(26)32(39-2)13-12-24(21)17-32/h6,8-9,11-13,15-16,21,24,26,28H,3-5,7,10,14,17-20H2,1-2H3,(H,34,36)/t21-,24?,26+,28-,32+/m1/s1. The summed E-state index contributed by atoms with van der Waals surface area (Å²) in [5.74, 6) is 0.550. The van der Waals surface area contributed by atoms with Gasteiger partial charge in [0.25, 0.3) is 5.91 Å². The second kappa shape index (κ2) is 11.3. The number of nitrogens with one attached hydrogen (secondary N) is 1. The number of benzene rings is 2. The fourth-order valence-corrected chi connectivity index (χ4v) is 8.87. The molecule has 0 saturated heterocycles. The molecule has 41 heavy (non-hydrogen) atoms. The molecule has 1 saturated carbocycles. The van der Waals surface area contributed by atoms with Gasteiger partial charge in [0.2, 0.25) is 10.0 Å². The molecule has 2 aliphatic heterocycles. The van der Waals surface area contributed by atoms with Gasteiger partial charge >= 0.3 is 0 Å². The van der Waals surface area contributed by atoms with Crippen LogP contribution >= 0.6 is 11.6 Å². The molecule has 2 heterocycles. The number of hydrogen-bond donors (Lipinski definition) is 1. The molecule has 4 aliphatic rings. The van der Waals surface area contributed by atoms with E-state index in [9.17, 15) is 13.2 Å². The maximum absolute atomic E-state index is 13.3. The maximum atomic E-state index is 13.3. The zero-order chi connectivity index (χ0) is 28.8. The van der Waals surface area contributed by atoms with Crippen molar-refractivity contribution >= 4 is 33.2 Å². The molecule has 5 atom stereocenters. The van der Waals surface area contributed by atoms with Gasteiger partial charge in [-0.15, -0.1) is 0 Å². The molecule has 0 radical (unpaired) electrons. The molecule has 7 nitrogen and oxygen atoms in total. The van der Waals surface area contributed by atoms with Crippen molar-refractivity contribution in [3.63, 3.8) is 0 Å². The predicted molar refractivity (Wildman–Crippen MR) is 161 cm³/mol. The number of fused-ring (bicyclic) bond motifs is 6. The first-order valence-corrected chi connectivity index (χ1v) is 16.8. The summed E-state index contributed by atoms with van der Waals surface area (Å²) in [6.07, 6.45) is 9.99. The molecule has 4 bridgehead atoms. The second-order valence-corrected chi connectivity index (χ2v) is 14.5. The van der Waals surface area contributed by atoms with Gasteiger partial charge in [0.05, 0.1) is 23.6 Å². The minimum Gasteiger partial charge on any atom is -0.491 e. The van der Waals surface area contributed by atoms with E-state index in [-0.39, 0.29) is 17.6 Å².